The number of aryl methyl sites for hydroxylation is 2. The molecule has 3 rings (SSSR count). The van der Waals surface area contributed by atoms with Gasteiger partial charge < -0.3 is 0 Å². The van der Waals surface area contributed by atoms with Gasteiger partial charge in [-0.2, -0.15) is 0 Å². The van der Waals surface area contributed by atoms with Crippen LogP contribution < -0.4 is 4.90 Å². The number of hydrogen-bond acceptors (Lipinski definition) is 5. The van der Waals surface area contributed by atoms with Crippen LogP contribution >= 0.6 is 11.3 Å². The number of imide groups is 1. The molecule has 1 atom stereocenters. The van der Waals surface area contributed by atoms with E-state index in [1.54, 1.807) is 6.92 Å². The first kappa shape index (κ1) is 16.5. The number of Topliss-reactive ketones (excluding diaryl/α,β-unsaturated/α-hetero) is 1. The number of benzene rings is 1. The Balaban J connectivity index is 1.82. The predicted molar refractivity (Wildman–Crippen MR) is 92.3 cm³/mol. The van der Waals surface area contributed by atoms with Gasteiger partial charge in [0.2, 0.25) is 11.8 Å². The summed E-state index contributed by atoms with van der Waals surface area (Å²) in [5.41, 5.74) is 2.52. The number of carbonyl (C=O) groups is 3. The fourth-order valence-electron chi connectivity index (χ4n) is 2.87. The molecule has 0 radical (unpaired) electrons. The van der Waals surface area contributed by atoms with Crippen molar-refractivity contribution in [1.82, 2.24) is 4.98 Å². The highest BCUT2D eigenvalue weighted by molar-refractivity contribution is 7.16. The highest BCUT2D eigenvalue weighted by Crippen LogP contribution is 2.33. The Kier molecular flexibility index (Phi) is 4.32. The molecule has 2 heterocycles. The fourth-order valence-corrected chi connectivity index (χ4v) is 3.85. The molecule has 0 unspecified atom stereocenters. The average molecular weight is 342 g/mol. The maximum absolute atomic E-state index is 12.7. The van der Waals surface area contributed by atoms with Crippen LogP contribution in [0.4, 0.5) is 5.13 Å². The minimum absolute atomic E-state index is 0.162. The summed E-state index contributed by atoms with van der Waals surface area (Å²) in [6.07, 6.45) is 0.714. The molecule has 0 aliphatic carbocycles. The lowest BCUT2D eigenvalue weighted by atomic mass is 9.97. The number of anilines is 1. The monoisotopic (exact) mass is 342 g/mol. The summed E-state index contributed by atoms with van der Waals surface area (Å²) in [5.74, 6) is -1.01. The van der Waals surface area contributed by atoms with E-state index in [-0.39, 0.29) is 29.9 Å². The van der Waals surface area contributed by atoms with Crippen molar-refractivity contribution in [1.29, 1.82) is 0 Å². The lowest BCUT2D eigenvalue weighted by Crippen LogP contribution is -2.30. The summed E-state index contributed by atoms with van der Waals surface area (Å²) in [5, 5.41) is 0.305. The Morgan fingerprint density at radius 3 is 2.50 bits per heavy atom. The Labute approximate surface area is 144 Å². The molecule has 2 amide bonds. The van der Waals surface area contributed by atoms with Crippen LogP contribution in [0.2, 0.25) is 0 Å². The van der Waals surface area contributed by atoms with Crippen molar-refractivity contribution in [2.24, 2.45) is 5.92 Å². The molecule has 5 nitrogen and oxygen atoms in total. The molecule has 0 saturated carbocycles. The number of rotatable bonds is 4. The van der Waals surface area contributed by atoms with E-state index in [1.807, 2.05) is 31.2 Å². The summed E-state index contributed by atoms with van der Waals surface area (Å²) in [6, 6.07) is 7.96. The van der Waals surface area contributed by atoms with Crippen LogP contribution in [0.15, 0.2) is 24.3 Å². The highest BCUT2D eigenvalue weighted by Gasteiger charge is 2.41. The zero-order valence-electron chi connectivity index (χ0n) is 13.8. The van der Waals surface area contributed by atoms with Crippen molar-refractivity contribution in [2.45, 2.75) is 33.6 Å². The van der Waals surface area contributed by atoms with Gasteiger partial charge >= 0.3 is 0 Å². The molecule has 1 aromatic carbocycles. The Morgan fingerprint density at radius 2 is 1.92 bits per heavy atom. The van der Waals surface area contributed by atoms with E-state index >= 15 is 0 Å². The van der Waals surface area contributed by atoms with Crippen molar-refractivity contribution in [3.63, 3.8) is 0 Å². The van der Waals surface area contributed by atoms with Gasteiger partial charge in [-0.15, -0.1) is 11.3 Å². The van der Waals surface area contributed by atoms with E-state index in [4.69, 9.17) is 0 Å². The van der Waals surface area contributed by atoms with E-state index in [2.05, 4.69) is 4.98 Å². The number of ketones is 1. The molecule has 6 heteroatoms. The first-order valence-electron chi connectivity index (χ1n) is 7.77. The van der Waals surface area contributed by atoms with Gasteiger partial charge in [-0.05, 0) is 25.8 Å². The van der Waals surface area contributed by atoms with Gasteiger partial charge in [-0.1, -0.05) is 29.8 Å². The lowest BCUT2D eigenvalue weighted by molar-refractivity contribution is -0.122. The third kappa shape index (κ3) is 3.01. The molecule has 24 heavy (non-hydrogen) atoms. The number of thiazole rings is 1. The minimum atomic E-state index is -0.370. The van der Waals surface area contributed by atoms with Crippen molar-refractivity contribution in [3.8, 4) is 0 Å². The number of carbonyl (C=O) groups excluding carboxylic acids is 3. The zero-order valence-corrected chi connectivity index (χ0v) is 14.6. The Morgan fingerprint density at radius 1 is 1.25 bits per heavy atom. The largest absolute Gasteiger partial charge is 0.293 e. The van der Waals surface area contributed by atoms with Crippen LogP contribution in [0.3, 0.4) is 0 Å². The van der Waals surface area contributed by atoms with Crippen molar-refractivity contribution >= 4 is 34.1 Å². The summed E-state index contributed by atoms with van der Waals surface area (Å²) < 4.78 is 0. The quantitative estimate of drug-likeness (QED) is 0.632. The maximum Gasteiger partial charge on any atom is 0.239 e. The van der Waals surface area contributed by atoms with Crippen molar-refractivity contribution in [3.05, 3.63) is 46.0 Å². The molecule has 1 aliphatic heterocycles. The van der Waals surface area contributed by atoms with Gasteiger partial charge in [0.05, 0.1) is 5.92 Å². The molecular weight excluding hydrogens is 324 g/mol. The minimum Gasteiger partial charge on any atom is -0.293 e. The van der Waals surface area contributed by atoms with E-state index < -0.39 is 0 Å². The van der Waals surface area contributed by atoms with E-state index in [9.17, 15) is 14.4 Å². The van der Waals surface area contributed by atoms with E-state index in [0.29, 0.717) is 17.2 Å². The second-order valence-electron chi connectivity index (χ2n) is 6.12. The average Bonchev–Trinajstić information content (AvgIpc) is 3.02. The molecule has 0 N–H and O–H groups in total. The van der Waals surface area contributed by atoms with Gasteiger partial charge in [0.25, 0.3) is 0 Å². The van der Waals surface area contributed by atoms with Crippen LogP contribution in [-0.4, -0.2) is 22.6 Å². The first-order chi connectivity index (χ1) is 11.4. The van der Waals surface area contributed by atoms with Crippen LogP contribution in [0, 0.1) is 19.8 Å². The van der Waals surface area contributed by atoms with Gasteiger partial charge in [0, 0.05) is 18.2 Å². The standard InChI is InChI=1S/C18H18N2O3S/c1-10-4-6-13(7-5-10)8-14-9-15(22)20(17(14)23)18-19-16(11(2)21)12(3)24-18/h4-7,14H,8-9H2,1-3H3/t14-/m0/s1. The maximum atomic E-state index is 12.7. The number of hydrogen-bond donors (Lipinski definition) is 0. The topological polar surface area (TPSA) is 67.3 Å². The molecular formula is C18H18N2O3S. The van der Waals surface area contributed by atoms with Crippen molar-refractivity contribution in [2.75, 3.05) is 4.90 Å². The lowest BCUT2D eigenvalue weighted by Gasteiger charge is -2.11. The van der Waals surface area contributed by atoms with Gasteiger partial charge in [-0.25, -0.2) is 9.88 Å². The van der Waals surface area contributed by atoms with E-state index in [1.165, 1.54) is 18.3 Å². The van der Waals surface area contributed by atoms with Crippen LogP contribution in [-0.2, 0) is 16.0 Å². The SMILES string of the molecule is CC(=O)c1nc(N2C(=O)C[C@H](Cc3ccc(C)cc3)C2=O)sc1C. The molecule has 1 aliphatic rings. The molecule has 1 aromatic heterocycles. The summed E-state index contributed by atoms with van der Waals surface area (Å²) in [7, 11) is 0. The van der Waals surface area contributed by atoms with Crippen LogP contribution in [0.1, 0.15) is 39.8 Å². The normalized spacial score (nSPS) is 17.6. The van der Waals surface area contributed by atoms with Crippen LogP contribution in [0.25, 0.3) is 0 Å². The third-order valence-electron chi connectivity index (χ3n) is 4.15. The first-order valence-corrected chi connectivity index (χ1v) is 8.59. The van der Waals surface area contributed by atoms with Gasteiger partial charge in [-0.3, -0.25) is 14.4 Å². The highest BCUT2D eigenvalue weighted by atomic mass is 32.1. The predicted octanol–water partition coefficient (Wildman–Crippen LogP) is 3.08. The summed E-state index contributed by atoms with van der Waals surface area (Å²) >= 11 is 1.21. The van der Waals surface area contributed by atoms with Crippen LogP contribution in [0.5, 0.6) is 0 Å². The summed E-state index contributed by atoms with van der Waals surface area (Å²) in [4.78, 5) is 42.6. The molecule has 0 bridgehead atoms. The van der Waals surface area contributed by atoms with Crippen molar-refractivity contribution < 1.29 is 14.4 Å². The number of aromatic nitrogens is 1. The second kappa shape index (κ2) is 6.28. The van der Waals surface area contributed by atoms with Gasteiger partial charge in [0.1, 0.15) is 5.69 Å². The Bertz CT molecular complexity index is 823. The molecule has 124 valence electrons. The summed E-state index contributed by atoms with van der Waals surface area (Å²) in [6.45, 7) is 5.21. The zero-order chi connectivity index (χ0) is 17.4. The number of amides is 2. The van der Waals surface area contributed by atoms with Gasteiger partial charge in [0.15, 0.2) is 10.9 Å². The van der Waals surface area contributed by atoms with E-state index in [0.717, 1.165) is 20.9 Å². The second-order valence-corrected chi connectivity index (χ2v) is 7.30. The number of nitrogens with zero attached hydrogens (tertiary/aromatic N) is 2. The third-order valence-corrected chi connectivity index (χ3v) is 5.11. The fraction of sp³-hybridized carbons (Fsp3) is 0.333. The Hall–Kier alpha value is -2.34. The molecule has 1 saturated heterocycles. The smallest absolute Gasteiger partial charge is 0.239 e. The molecule has 1 fully saturated rings. The molecule has 0 spiro atoms. The molecule has 2 aromatic rings.